The lowest BCUT2D eigenvalue weighted by molar-refractivity contribution is -0.0493. The van der Waals surface area contributed by atoms with Crippen LogP contribution in [0.4, 0.5) is 14.5 Å². The number of benzene rings is 1. The predicted molar refractivity (Wildman–Crippen MR) is 55.0 cm³/mol. The van der Waals surface area contributed by atoms with Gasteiger partial charge in [-0.3, -0.25) is 0 Å². The topological polar surface area (TPSA) is 21.3 Å². The van der Waals surface area contributed by atoms with E-state index in [4.69, 9.17) is 6.42 Å². The molecule has 0 spiro atoms. The molecular formula is C11H11F2NO. The maximum Gasteiger partial charge on any atom is 0.387 e. The zero-order valence-electron chi connectivity index (χ0n) is 8.04. The van der Waals surface area contributed by atoms with Crippen LogP contribution in [0.2, 0.25) is 0 Å². The number of halogens is 2. The Hall–Kier alpha value is -1.76. The van der Waals surface area contributed by atoms with Crippen molar-refractivity contribution in [3.05, 3.63) is 24.3 Å². The fourth-order valence-corrected chi connectivity index (χ4v) is 1.08. The highest BCUT2D eigenvalue weighted by Crippen LogP contribution is 2.25. The van der Waals surface area contributed by atoms with Gasteiger partial charge in [-0.15, -0.1) is 12.3 Å². The third-order valence-corrected chi connectivity index (χ3v) is 1.69. The van der Waals surface area contributed by atoms with Gasteiger partial charge in [0.05, 0.1) is 5.69 Å². The summed E-state index contributed by atoms with van der Waals surface area (Å²) in [7, 11) is 0. The van der Waals surface area contributed by atoms with Crippen LogP contribution in [-0.4, -0.2) is 13.2 Å². The first kappa shape index (κ1) is 11.3. The Bertz CT molecular complexity index is 347. The SMILES string of the molecule is C#CCCNc1ccccc1OC(F)F. The molecule has 1 N–H and O–H groups in total. The van der Waals surface area contributed by atoms with Gasteiger partial charge in [0.15, 0.2) is 0 Å². The summed E-state index contributed by atoms with van der Waals surface area (Å²) in [5, 5.41) is 2.92. The van der Waals surface area contributed by atoms with E-state index in [0.29, 0.717) is 18.7 Å². The fourth-order valence-electron chi connectivity index (χ4n) is 1.08. The summed E-state index contributed by atoms with van der Waals surface area (Å²) < 4.78 is 28.3. The van der Waals surface area contributed by atoms with Crippen molar-refractivity contribution in [1.82, 2.24) is 0 Å². The van der Waals surface area contributed by atoms with Crippen LogP contribution < -0.4 is 10.1 Å². The summed E-state index contributed by atoms with van der Waals surface area (Å²) in [5.41, 5.74) is 0.521. The van der Waals surface area contributed by atoms with Gasteiger partial charge in [-0.25, -0.2) is 0 Å². The van der Waals surface area contributed by atoms with Crippen molar-refractivity contribution in [3.8, 4) is 18.1 Å². The zero-order valence-corrected chi connectivity index (χ0v) is 8.04. The molecule has 2 nitrogen and oxygen atoms in total. The van der Waals surface area contributed by atoms with E-state index < -0.39 is 6.61 Å². The largest absolute Gasteiger partial charge is 0.433 e. The van der Waals surface area contributed by atoms with E-state index in [0.717, 1.165) is 0 Å². The van der Waals surface area contributed by atoms with Crippen molar-refractivity contribution < 1.29 is 13.5 Å². The molecule has 0 saturated carbocycles. The lowest BCUT2D eigenvalue weighted by Crippen LogP contribution is -2.07. The Kier molecular flexibility index (Phi) is 4.42. The van der Waals surface area contributed by atoms with Crippen LogP contribution in [-0.2, 0) is 0 Å². The Morgan fingerprint density at radius 3 is 2.80 bits per heavy atom. The first-order valence-electron chi connectivity index (χ1n) is 4.45. The van der Waals surface area contributed by atoms with Gasteiger partial charge in [-0.05, 0) is 12.1 Å². The summed E-state index contributed by atoms with van der Waals surface area (Å²) >= 11 is 0. The number of nitrogens with one attached hydrogen (secondary N) is 1. The molecule has 0 radical (unpaired) electrons. The van der Waals surface area contributed by atoms with E-state index in [1.165, 1.54) is 6.07 Å². The van der Waals surface area contributed by atoms with Gasteiger partial charge in [0.1, 0.15) is 5.75 Å². The molecule has 0 bridgehead atoms. The Labute approximate surface area is 87.2 Å². The average Bonchev–Trinajstić information content (AvgIpc) is 2.20. The Morgan fingerprint density at radius 2 is 2.13 bits per heavy atom. The molecule has 0 aliphatic carbocycles. The summed E-state index contributed by atoms with van der Waals surface area (Å²) in [6.07, 6.45) is 5.60. The Balaban J connectivity index is 2.65. The first-order chi connectivity index (χ1) is 7.24. The van der Waals surface area contributed by atoms with Crippen LogP contribution in [0.5, 0.6) is 5.75 Å². The van der Waals surface area contributed by atoms with Crippen LogP contribution in [0.15, 0.2) is 24.3 Å². The molecule has 1 aromatic rings. The molecule has 0 saturated heterocycles. The highest BCUT2D eigenvalue weighted by atomic mass is 19.3. The second kappa shape index (κ2) is 5.86. The molecule has 0 amide bonds. The van der Waals surface area contributed by atoms with Crippen molar-refractivity contribution in [2.45, 2.75) is 13.0 Å². The molecule has 1 rings (SSSR count). The predicted octanol–water partition coefficient (Wildman–Crippen LogP) is 2.72. The third kappa shape index (κ3) is 3.86. The van der Waals surface area contributed by atoms with E-state index in [2.05, 4.69) is 16.0 Å². The van der Waals surface area contributed by atoms with E-state index >= 15 is 0 Å². The molecule has 0 aliphatic rings. The van der Waals surface area contributed by atoms with Crippen molar-refractivity contribution in [2.75, 3.05) is 11.9 Å². The second-order valence-corrected chi connectivity index (χ2v) is 2.76. The molecular weight excluding hydrogens is 200 g/mol. The van der Waals surface area contributed by atoms with Gasteiger partial charge in [0.2, 0.25) is 0 Å². The summed E-state index contributed by atoms with van der Waals surface area (Å²) in [6, 6.07) is 6.50. The third-order valence-electron chi connectivity index (χ3n) is 1.69. The molecule has 15 heavy (non-hydrogen) atoms. The van der Waals surface area contributed by atoms with Crippen molar-refractivity contribution in [3.63, 3.8) is 0 Å². The van der Waals surface area contributed by atoms with Crippen LogP contribution in [0.3, 0.4) is 0 Å². The number of hydrogen-bond acceptors (Lipinski definition) is 2. The molecule has 0 heterocycles. The van der Waals surface area contributed by atoms with Gasteiger partial charge in [-0.2, -0.15) is 8.78 Å². The Morgan fingerprint density at radius 1 is 1.40 bits per heavy atom. The molecule has 1 aromatic carbocycles. The molecule has 0 aliphatic heterocycles. The van der Waals surface area contributed by atoms with Gasteiger partial charge >= 0.3 is 6.61 Å². The molecule has 0 fully saturated rings. The lowest BCUT2D eigenvalue weighted by atomic mass is 10.3. The van der Waals surface area contributed by atoms with Gasteiger partial charge in [0, 0.05) is 13.0 Å². The zero-order chi connectivity index (χ0) is 11.1. The average molecular weight is 211 g/mol. The van der Waals surface area contributed by atoms with E-state index in [1.807, 2.05) is 0 Å². The minimum Gasteiger partial charge on any atom is -0.433 e. The fraction of sp³-hybridized carbons (Fsp3) is 0.273. The van der Waals surface area contributed by atoms with E-state index in [9.17, 15) is 8.78 Å². The number of rotatable bonds is 5. The first-order valence-corrected chi connectivity index (χ1v) is 4.45. The van der Waals surface area contributed by atoms with Crippen LogP contribution in [0, 0.1) is 12.3 Å². The van der Waals surface area contributed by atoms with Crippen LogP contribution >= 0.6 is 0 Å². The minimum absolute atomic E-state index is 0.129. The standard InChI is InChI=1S/C11H11F2NO/c1-2-3-8-14-9-6-4-5-7-10(9)15-11(12)13/h1,4-7,11,14H,3,8H2. The summed E-state index contributed by atoms with van der Waals surface area (Å²) in [5.74, 6) is 2.58. The van der Waals surface area contributed by atoms with Crippen LogP contribution in [0.1, 0.15) is 6.42 Å². The monoisotopic (exact) mass is 211 g/mol. The smallest absolute Gasteiger partial charge is 0.387 e. The molecule has 0 unspecified atom stereocenters. The number of alkyl halides is 2. The van der Waals surface area contributed by atoms with Crippen LogP contribution in [0.25, 0.3) is 0 Å². The second-order valence-electron chi connectivity index (χ2n) is 2.76. The van der Waals surface area contributed by atoms with E-state index in [1.54, 1.807) is 18.2 Å². The van der Waals surface area contributed by atoms with Crippen molar-refractivity contribution in [2.24, 2.45) is 0 Å². The molecule has 0 atom stereocenters. The quantitative estimate of drug-likeness (QED) is 0.597. The summed E-state index contributed by atoms with van der Waals surface area (Å²) in [6.45, 7) is -2.29. The highest BCUT2D eigenvalue weighted by Gasteiger charge is 2.07. The molecule has 4 heteroatoms. The molecule has 80 valence electrons. The normalized spacial score (nSPS) is 9.73. The minimum atomic E-state index is -2.82. The maximum absolute atomic E-state index is 12.0. The maximum atomic E-state index is 12.0. The number of terminal acetylenes is 1. The summed E-state index contributed by atoms with van der Waals surface area (Å²) in [4.78, 5) is 0. The van der Waals surface area contributed by atoms with Gasteiger partial charge in [-0.1, -0.05) is 12.1 Å². The molecule has 0 aromatic heterocycles. The lowest BCUT2D eigenvalue weighted by Gasteiger charge is -2.11. The van der Waals surface area contributed by atoms with E-state index in [-0.39, 0.29) is 5.75 Å². The number of hydrogen-bond donors (Lipinski definition) is 1. The van der Waals surface area contributed by atoms with Crippen molar-refractivity contribution >= 4 is 5.69 Å². The number of para-hydroxylation sites is 2. The highest BCUT2D eigenvalue weighted by molar-refractivity contribution is 5.56. The van der Waals surface area contributed by atoms with Gasteiger partial charge in [0.25, 0.3) is 0 Å². The van der Waals surface area contributed by atoms with Gasteiger partial charge < -0.3 is 10.1 Å². The van der Waals surface area contributed by atoms with Crippen molar-refractivity contribution in [1.29, 1.82) is 0 Å². The number of anilines is 1. The number of ether oxygens (including phenoxy) is 1.